The van der Waals surface area contributed by atoms with Crippen molar-refractivity contribution in [3.05, 3.63) is 34.9 Å². The van der Waals surface area contributed by atoms with Gasteiger partial charge in [-0.05, 0) is 37.5 Å². The second kappa shape index (κ2) is 6.86. The first-order chi connectivity index (χ1) is 7.72. The normalized spacial score (nSPS) is 10.9. The Morgan fingerprint density at radius 3 is 2.75 bits per heavy atom. The Bertz CT molecular complexity index is 390. The van der Waals surface area contributed by atoms with Crippen molar-refractivity contribution in [2.24, 2.45) is 4.99 Å². The topological polar surface area (TPSA) is 48.2 Å². The highest BCUT2D eigenvalue weighted by Gasteiger charge is 1.93. The smallest absolute Gasteiger partial charge is 0.182 e. The van der Waals surface area contributed by atoms with Crippen LogP contribution in [0.3, 0.4) is 0 Å². The minimum Gasteiger partial charge on any atom is -0.281 e. The van der Waals surface area contributed by atoms with Gasteiger partial charge in [-0.1, -0.05) is 23.7 Å². The molecule has 1 aromatic rings. The molecule has 0 aromatic heterocycles. The summed E-state index contributed by atoms with van der Waals surface area (Å²) >= 11 is 5.79. The monoisotopic (exact) mass is 235 g/mol. The summed E-state index contributed by atoms with van der Waals surface area (Å²) in [6.45, 7) is 2.51. The maximum atomic E-state index is 8.34. The zero-order valence-corrected chi connectivity index (χ0v) is 9.96. The molecule has 16 heavy (non-hydrogen) atoms. The van der Waals surface area contributed by atoms with Gasteiger partial charge in [0.05, 0.1) is 0 Å². The molecule has 1 N–H and O–H groups in total. The average Bonchev–Trinajstić information content (AvgIpc) is 2.27. The summed E-state index contributed by atoms with van der Waals surface area (Å²) in [5.41, 5.74) is 1.26. The van der Waals surface area contributed by atoms with Crippen LogP contribution < -0.4 is 5.32 Å². The van der Waals surface area contributed by atoms with Gasteiger partial charge in [0.25, 0.3) is 0 Å². The zero-order valence-electron chi connectivity index (χ0n) is 9.20. The maximum Gasteiger partial charge on any atom is 0.182 e. The minimum absolute atomic E-state index is 0.665. The molecule has 0 fully saturated rings. The molecule has 0 atom stereocenters. The van der Waals surface area contributed by atoms with Crippen molar-refractivity contribution >= 4 is 17.4 Å². The molecule has 3 nitrogen and oxygen atoms in total. The summed E-state index contributed by atoms with van der Waals surface area (Å²) < 4.78 is 0. The predicted molar refractivity (Wildman–Crippen MR) is 66.5 cm³/mol. The lowest BCUT2D eigenvalue weighted by Crippen LogP contribution is -2.13. The average molecular weight is 236 g/mol. The molecule has 0 saturated carbocycles. The lowest BCUT2D eigenvalue weighted by molar-refractivity contribution is 0.829. The number of rotatable bonds is 4. The van der Waals surface area contributed by atoms with Gasteiger partial charge in [0.1, 0.15) is 5.84 Å². The van der Waals surface area contributed by atoms with Gasteiger partial charge in [0, 0.05) is 11.6 Å². The number of nitrogens with zero attached hydrogens (tertiary/aromatic N) is 2. The van der Waals surface area contributed by atoms with E-state index in [1.54, 1.807) is 6.92 Å². The summed E-state index contributed by atoms with van der Waals surface area (Å²) in [5.74, 6) is 0.665. The van der Waals surface area contributed by atoms with E-state index >= 15 is 0 Å². The molecule has 0 radical (unpaired) electrons. The fraction of sp³-hybridized carbons (Fsp3) is 0.333. The molecule has 0 spiro atoms. The molecule has 84 valence electrons. The molecule has 0 unspecified atom stereocenters. The number of benzene rings is 1. The fourth-order valence-corrected chi connectivity index (χ4v) is 1.43. The molecular weight excluding hydrogens is 222 g/mol. The van der Waals surface area contributed by atoms with Crippen molar-refractivity contribution in [3.63, 3.8) is 0 Å². The van der Waals surface area contributed by atoms with Gasteiger partial charge >= 0.3 is 0 Å². The number of nitriles is 1. The van der Waals surface area contributed by atoms with Crippen molar-refractivity contribution in [2.45, 2.75) is 19.8 Å². The van der Waals surface area contributed by atoms with E-state index in [9.17, 15) is 0 Å². The summed E-state index contributed by atoms with van der Waals surface area (Å²) in [4.78, 5) is 4.20. The third-order valence-electron chi connectivity index (χ3n) is 2.12. The molecule has 0 aliphatic heterocycles. The maximum absolute atomic E-state index is 8.34. The van der Waals surface area contributed by atoms with E-state index in [1.165, 1.54) is 5.56 Å². The Morgan fingerprint density at radius 1 is 1.44 bits per heavy atom. The Morgan fingerprint density at radius 2 is 2.12 bits per heavy atom. The highest BCUT2D eigenvalue weighted by molar-refractivity contribution is 6.30. The van der Waals surface area contributed by atoms with Crippen molar-refractivity contribution in [1.29, 1.82) is 5.26 Å². The van der Waals surface area contributed by atoms with Crippen LogP contribution in [0.5, 0.6) is 0 Å². The highest BCUT2D eigenvalue weighted by atomic mass is 35.5. The zero-order chi connectivity index (χ0) is 11.8. The number of hydrogen-bond donors (Lipinski definition) is 1. The first-order valence-electron chi connectivity index (χ1n) is 5.13. The van der Waals surface area contributed by atoms with Crippen molar-refractivity contribution in [3.8, 4) is 6.19 Å². The molecule has 0 aliphatic carbocycles. The molecule has 0 bridgehead atoms. The first-order valence-corrected chi connectivity index (χ1v) is 5.51. The van der Waals surface area contributed by atoms with Crippen LogP contribution in [0.1, 0.15) is 18.9 Å². The molecule has 0 amide bonds. The summed E-state index contributed by atoms with van der Waals surface area (Å²) in [6.07, 6.45) is 3.77. The van der Waals surface area contributed by atoms with E-state index in [0.29, 0.717) is 5.84 Å². The van der Waals surface area contributed by atoms with Gasteiger partial charge in [0.2, 0.25) is 0 Å². The highest BCUT2D eigenvalue weighted by Crippen LogP contribution is 2.10. The molecule has 0 heterocycles. The van der Waals surface area contributed by atoms with Gasteiger partial charge in [-0.3, -0.25) is 10.3 Å². The first kappa shape index (κ1) is 12.5. The molecule has 1 aromatic carbocycles. The van der Waals surface area contributed by atoms with Crippen LogP contribution in [0.25, 0.3) is 0 Å². The third kappa shape index (κ3) is 4.81. The largest absolute Gasteiger partial charge is 0.281 e. The summed E-state index contributed by atoms with van der Waals surface area (Å²) in [7, 11) is 0. The SMILES string of the molecule is CC(=NCCCc1ccc(Cl)cc1)NC#N. The van der Waals surface area contributed by atoms with E-state index < -0.39 is 0 Å². The Hall–Kier alpha value is -1.53. The quantitative estimate of drug-likeness (QED) is 0.287. The number of nitrogens with one attached hydrogen (secondary N) is 1. The minimum atomic E-state index is 0.665. The molecule has 4 heteroatoms. The van der Waals surface area contributed by atoms with Crippen LogP contribution in [0, 0.1) is 11.5 Å². The van der Waals surface area contributed by atoms with E-state index in [2.05, 4.69) is 10.3 Å². The lowest BCUT2D eigenvalue weighted by atomic mass is 10.1. The number of aliphatic imine (C=N–C) groups is 1. The van der Waals surface area contributed by atoms with E-state index in [-0.39, 0.29) is 0 Å². The van der Waals surface area contributed by atoms with E-state index in [4.69, 9.17) is 16.9 Å². The number of halogens is 1. The van der Waals surface area contributed by atoms with Crippen LogP contribution in [-0.2, 0) is 6.42 Å². The standard InChI is InChI=1S/C12H14ClN3/c1-10(16-9-14)15-8-2-3-11-4-6-12(13)7-5-11/h4-7H,2-3,8H2,1H3,(H,15,16). The lowest BCUT2D eigenvalue weighted by Gasteiger charge is -2.00. The van der Waals surface area contributed by atoms with Crippen LogP contribution >= 0.6 is 11.6 Å². The van der Waals surface area contributed by atoms with E-state index in [1.807, 2.05) is 30.5 Å². The van der Waals surface area contributed by atoms with Gasteiger partial charge in [-0.25, -0.2) is 0 Å². The number of hydrogen-bond acceptors (Lipinski definition) is 2. The second-order valence-electron chi connectivity index (χ2n) is 3.43. The van der Waals surface area contributed by atoms with Crippen LogP contribution in [0.4, 0.5) is 0 Å². The molecule has 0 saturated heterocycles. The number of amidine groups is 1. The molecule has 0 aliphatic rings. The third-order valence-corrected chi connectivity index (χ3v) is 2.37. The Labute approximate surface area is 101 Å². The van der Waals surface area contributed by atoms with E-state index in [0.717, 1.165) is 24.4 Å². The fourth-order valence-electron chi connectivity index (χ4n) is 1.30. The molecular formula is C12H14ClN3. The van der Waals surface area contributed by atoms with Crippen molar-refractivity contribution < 1.29 is 0 Å². The number of aryl methyl sites for hydroxylation is 1. The Kier molecular flexibility index (Phi) is 5.38. The van der Waals surface area contributed by atoms with Crippen molar-refractivity contribution in [1.82, 2.24) is 5.32 Å². The summed E-state index contributed by atoms with van der Waals surface area (Å²) in [5, 5.41) is 11.6. The van der Waals surface area contributed by atoms with Gasteiger partial charge in [-0.2, -0.15) is 5.26 Å². The second-order valence-corrected chi connectivity index (χ2v) is 3.87. The Balaban J connectivity index is 2.29. The summed E-state index contributed by atoms with van der Waals surface area (Å²) in [6, 6.07) is 7.82. The van der Waals surface area contributed by atoms with Crippen molar-refractivity contribution in [2.75, 3.05) is 6.54 Å². The predicted octanol–water partition coefficient (Wildman–Crippen LogP) is 2.76. The van der Waals surface area contributed by atoms with Crippen LogP contribution in [-0.4, -0.2) is 12.4 Å². The van der Waals surface area contributed by atoms with Crippen LogP contribution in [0.15, 0.2) is 29.3 Å². The van der Waals surface area contributed by atoms with Gasteiger partial charge in [0.15, 0.2) is 6.19 Å². The van der Waals surface area contributed by atoms with Gasteiger partial charge < -0.3 is 0 Å². The van der Waals surface area contributed by atoms with Crippen LogP contribution in [0.2, 0.25) is 5.02 Å². The molecule has 1 rings (SSSR count). The van der Waals surface area contributed by atoms with Gasteiger partial charge in [-0.15, -0.1) is 0 Å².